The van der Waals surface area contributed by atoms with E-state index in [9.17, 15) is 40.2 Å². The Labute approximate surface area is 141 Å². The molecule has 0 aliphatic carbocycles. The number of phenolic OH excluding ortho intramolecular Hbond substituents is 1. The average Bonchev–Trinajstić information content (AvgIpc) is 3.03. The first-order chi connectivity index (χ1) is 12.2. The lowest BCUT2D eigenvalue weighted by atomic mass is 10.1. The van der Waals surface area contributed by atoms with Gasteiger partial charge in [0.25, 0.3) is 11.6 Å². The molecule has 0 bridgehead atoms. The molecular weight excluding hydrogens is 358 g/mol. The molecular formula is C12H7N5O9. The van der Waals surface area contributed by atoms with Crippen LogP contribution in [0.2, 0.25) is 0 Å². The Morgan fingerprint density at radius 3 is 2.35 bits per heavy atom. The quantitative estimate of drug-likeness (QED) is 0.431. The van der Waals surface area contributed by atoms with Gasteiger partial charge in [0, 0.05) is 6.07 Å². The van der Waals surface area contributed by atoms with Crippen LogP contribution in [0.15, 0.2) is 33.8 Å². The Hall–Kier alpha value is -4.36. The molecule has 1 aromatic carbocycles. The molecule has 2 N–H and O–H groups in total. The van der Waals surface area contributed by atoms with Gasteiger partial charge in [-0.15, -0.1) is 0 Å². The maximum Gasteiger partial charge on any atom is 0.433 e. The third kappa shape index (κ3) is 3.75. The molecule has 0 aliphatic rings. The number of nitrogens with zero attached hydrogens (tertiary/aromatic N) is 4. The molecule has 2 rings (SSSR count). The Bertz CT molecular complexity index is 949. The van der Waals surface area contributed by atoms with Crippen LogP contribution in [0, 0.1) is 30.3 Å². The van der Waals surface area contributed by atoms with Gasteiger partial charge in [-0.1, -0.05) is 0 Å². The highest BCUT2D eigenvalue weighted by molar-refractivity contribution is 5.99. The number of nitro benzene ring substituents is 2. The van der Waals surface area contributed by atoms with E-state index in [1.807, 2.05) is 5.43 Å². The second-order valence-electron chi connectivity index (χ2n) is 4.51. The summed E-state index contributed by atoms with van der Waals surface area (Å²) in [6.45, 7) is 0. The number of carbonyl (C=O) groups is 1. The van der Waals surface area contributed by atoms with Crippen molar-refractivity contribution in [2.75, 3.05) is 0 Å². The van der Waals surface area contributed by atoms with E-state index in [2.05, 4.69) is 5.10 Å². The number of non-ortho nitro benzene ring substituents is 1. The topological polar surface area (TPSA) is 204 Å². The fraction of sp³-hybridized carbons (Fsp3) is 0. The number of nitro groups is 3. The van der Waals surface area contributed by atoms with E-state index in [1.54, 1.807) is 0 Å². The molecule has 134 valence electrons. The average molecular weight is 365 g/mol. The number of rotatable bonds is 6. The molecule has 1 amide bonds. The zero-order valence-corrected chi connectivity index (χ0v) is 12.4. The summed E-state index contributed by atoms with van der Waals surface area (Å²) in [6, 6.07) is 3.35. The molecule has 0 spiro atoms. The van der Waals surface area contributed by atoms with Crippen molar-refractivity contribution in [3.63, 3.8) is 0 Å². The van der Waals surface area contributed by atoms with Gasteiger partial charge in [-0.3, -0.25) is 35.1 Å². The lowest BCUT2D eigenvalue weighted by molar-refractivity contribution is -0.402. The summed E-state index contributed by atoms with van der Waals surface area (Å²) in [7, 11) is 0. The Morgan fingerprint density at radius 2 is 1.81 bits per heavy atom. The second kappa shape index (κ2) is 7.04. The maximum atomic E-state index is 11.9. The zero-order valence-electron chi connectivity index (χ0n) is 12.4. The minimum atomic E-state index is -1.19. The number of hydrogen-bond acceptors (Lipinski definition) is 10. The van der Waals surface area contributed by atoms with Gasteiger partial charge in [-0.05, 0) is 6.07 Å². The van der Waals surface area contributed by atoms with Gasteiger partial charge in [0.2, 0.25) is 5.75 Å². The number of carbonyl (C=O) groups excluding carboxylic acids is 1. The lowest BCUT2D eigenvalue weighted by Crippen LogP contribution is -2.18. The second-order valence-corrected chi connectivity index (χ2v) is 4.51. The maximum absolute atomic E-state index is 11.9. The van der Waals surface area contributed by atoms with Crippen molar-refractivity contribution in [1.29, 1.82) is 0 Å². The van der Waals surface area contributed by atoms with Gasteiger partial charge < -0.3 is 9.52 Å². The SMILES string of the molecule is O=C(N/N=C\c1ccc([N+](=O)[O-])o1)c1cc([N+](=O)[O-])cc([N+](=O)[O-])c1O. The van der Waals surface area contributed by atoms with Crippen LogP contribution < -0.4 is 5.43 Å². The monoisotopic (exact) mass is 365 g/mol. The van der Waals surface area contributed by atoms with Gasteiger partial charge in [0.1, 0.15) is 4.92 Å². The van der Waals surface area contributed by atoms with Crippen LogP contribution in [0.25, 0.3) is 0 Å². The highest BCUT2D eigenvalue weighted by atomic mass is 16.7. The third-order valence-electron chi connectivity index (χ3n) is 2.88. The first-order valence-corrected chi connectivity index (χ1v) is 6.44. The molecule has 0 unspecified atom stereocenters. The largest absolute Gasteiger partial charge is 0.502 e. The van der Waals surface area contributed by atoms with Crippen LogP contribution >= 0.6 is 0 Å². The van der Waals surface area contributed by atoms with Crippen LogP contribution in [0.1, 0.15) is 16.1 Å². The minimum absolute atomic E-state index is 0.0914. The zero-order chi connectivity index (χ0) is 19.4. The fourth-order valence-electron chi connectivity index (χ4n) is 1.75. The number of furan rings is 1. The van der Waals surface area contributed by atoms with Crippen LogP contribution in [-0.2, 0) is 0 Å². The molecule has 26 heavy (non-hydrogen) atoms. The van der Waals surface area contributed by atoms with Crippen molar-refractivity contribution in [1.82, 2.24) is 5.43 Å². The number of hydrogen-bond donors (Lipinski definition) is 2. The van der Waals surface area contributed by atoms with E-state index in [4.69, 9.17) is 4.42 Å². The van der Waals surface area contributed by atoms with Crippen molar-refractivity contribution in [2.24, 2.45) is 5.10 Å². The van der Waals surface area contributed by atoms with E-state index in [1.165, 1.54) is 6.07 Å². The summed E-state index contributed by atoms with van der Waals surface area (Å²) < 4.78 is 4.73. The van der Waals surface area contributed by atoms with Gasteiger partial charge in [0.05, 0.1) is 33.8 Å². The number of benzene rings is 1. The number of amides is 1. The van der Waals surface area contributed by atoms with Gasteiger partial charge in [0.15, 0.2) is 5.76 Å². The van der Waals surface area contributed by atoms with Gasteiger partial charge >= 0.3 is 11.6 Å². The smallest absolute Gasteiger partial charge is 0.433 e. The molecule has 14 heteroatoms. The van der Waals surface area contributed by atoms with E-state index in [0.717, 1.165) is 12.3 Å². The van der Waals surface area contributed by atoms with Crippen LogP contribution in [0.5, 0.6) is 5.75 Å². The van der Waals surface area contributed by atoms with Gasteiger partial charge in [-0.25, -0.2) is 5.43 Å². The normalized spacial score (nSPS) is 10.6. The Kier molecular flexibility index (Phi) is 4.87. The fourth-order valence-corrected chi connectivity index (χ4v) is 1.75. The Balaban J connectivity index is 2.25. The third-order valence-corrected chi connectivity index (χ3v) is 2.88. The van der Waals surface area contributed by atoms with Crippen molar-refractivity contribution in [2.45, 2.75) is 0 Å². The molecule has 0 saturated heterocycles. The number of nitrogens with one attached hydrogen (secondary N) is 1. The number of phenols is 1. The predicted octanol–water partition coefficient (Wildman–Crippen LogP) is 1.47. The van der Waals surface area contributed by atoms with E-state index in [0.29, 0.717) is 12.1 Å². The molecule has 1 aromatic heterocycles. The van der Waals surface area contributed by atoms with Crippen molar-refractivity contribution in [3.05, 3.63) is 65.9 Å². The summed E-state index contributed by atoms with van der Waals surface area (Å²) in [6.07, 6.45) is 0.883. The van der Waals surface area contributed by atoms with Crippen molar-refractivity contribution < 1.29 is 29.1 Å². The molecule has 0 fully saturated rings. The van der Waals surface area contributed by atoms with Crippen LogP contribution in [-0.4, -0.2) is 32.0 Å². The number of aromatic hydroxyl groups is 1. The molecule has 1 heterocycles. The first-order valence-electron chi connectivity index (χ1n) is 6.44. The van der Waals surface area contributed by atoms with E-state index >= 15 is 0 Å². The standard InChI is InChI=1S/C12H7N5O9/c18-11-8(3-6(15(20)21)4-9(11)16(22)23)12(19)14-13-5-7-1-2-10(26-7)17(24)25/h1-5,18H,(H,14,19)/b13-5-. The molecule has 0 atom stereocenters. The molecule has 0 aliphatic heterocycles. The van der Waals surface area contributed by atoms with E-state index in [-0.39, 0.29) is 5.76 Å². The van der Waals surface area contributed by atoms with Crippen molar-refractivity contribution in [3.8, 4) is 5.75 Å². The molecule has 0 saturated carbocycles. The summed E-state index contributed by atoms with van der Waals surface area (Å²) in [5.41, 5.74) is -0.721. The number of hydrazone groups is 1. The summed E-state index contributed by atoms with van der Waals surface area (Å²) in [4.78, 5) is 41.1. The minimum Gasteiger partial charge on any atom is -0.502 e. The summed E-state index contributed by atoms with van der Waals surface area (Å²) in [5.74, 6) is -2.93. The molecule has 2 aromatic rings. The van der Waals surface area contributed by atoms with E-state index < -0.39 is 49.2 Å². The highest BCUT2D eigenvalue weighted by Gasteiger charge is 2.27. The summed E-state index contributed by atoms with van der Waals surface area (Å²) >= 11 is 0. The van der Waals surface area contributed by atoms with Crippen molar-refractivity contribution >= 4 is 29.4 Å². The first kappa shape index (κ1) is 18.0. The van der Waals surface area contributed by atoms with Crippen LogP contribution in [0.3, 0.4) is 0 Å². The molecule has 14 nitrogen and oxygen atoms in total. The lowest BCUT2D eigenvalue weighted by Gasteiger charge is -2.03. The molecule has 0 radical (unpaired) electrons. The summed E-state index contributed by atoms with van der Waals surface area (Å²) in [5, 5.41) is 45.2. The predicted molar refractivity (Wildman–Crippen MR) is 81.8 cm³/mol. The van der Waals surface area contributed by atoms with Crippen LogP contribution in [0.4, 0.5) is 17.3 Å². The van der Waals surface area contributed by atoms with Gasteiger partial charge in [-0.2, -0.15) is 5.10 Å². The highest BCUT2D eigenvalue weighted by Crippen LogP contribution is 2.34. The Morgan fingerprint density at radius 1 is 1.12 bits per heavy atom.